The predicted octanol–water partition coefficient (Wildman–Crippen LogP) is 4.12. The van der Waals surface area contributed by atoms with E-state index in [9.17, 15) is 9.59 Å². The summed E-state index contributed by atoms with van der Waals surface area (Å²) in [6.07, 6.45) is -0.627. The molecule has 1 unspecified atom stereocenters. The van der Waals surface area contributed by atoms with Gasteiger partial charge in [0.05, 0.1) is 23.1 Å². The Morgan fingerprint density at radius 2 is 1.62 bits per heavy atom. The highest BCUT2D eigenvalue weighted by Crippen LogP contribution is 2.45. The molecule has 0 spiro atoms. The van der Waals surface area contributed by atoms with Crippen molar-refractivity contribution in [2.75, 3.05) is 5.75 Å². The summed E-state index contributed by atoms with van der Waals surface area (Å²) in [6, 6.07) is 9.87. The third kappa shape index (κ3) is 6.37. The first-order valence-corrected chi connectivity index (χ1v) is 10.3. The molecule has 0 bridgehead atoms. The van der Waals surface area contributed by atoms with Gasteiger partial charge in [0.15, 0.2) is 5.57 Å². The van der Waals surface area contributed by atoms with Crippen molar-refractivity contribution in [2.24, 2.45) is 0 Å². The second-order valence-electron chi connectivity index (χ2n) is 6.23. The van der Waals surface area contributed by atoms with Crippen molar-refractivity contribution in [3.63, 3.8) is 0 Å². The number of carbonyl (C=O) groups excluding carboxylic acids is 2. The van der Waals surface area contributed by atoms with Gasteiger partial charge >= 0.3 is 11.9 Å². The van der Waals surface area contributed by atoms with Crippen LogP contribution < -0.4 is 0 Å². The highest BCUT2D eigenvalue weighted by molar-refractivity contribution is 8.25. The molecule has 0 N–H and O–H groups in total. The van der Waals surface area contributed by atoms with Gasteiger partial charge < -0.3 is 14.2 Å². The molecule has 5 nitrogen and oxygen atoms in total. The normalized spacial score (nSPS) is 16.8. The molecule has 1 atom stereocenters. The van der Waals surface area contributed by atoms with E-state index in [0.717, 1.165) is 5.56 Å². The van der Waals surface area contributed by atoms with E-state index in [1.807, 2.05) is 30.3 Å². The number of rotatable bonds is 7. The summed E-state index contributed by atoms with van der Waals surface area (Å²) < 4.78 is 16.9. The van der Waals surface area contributed by atoms with Gasteiger partial charge in [-0.1, -0.05) is 42.1 Å². The molecule has 1 saturated heterocycles. The van der Waals surface area contributed by atoms with Crippen molar-refractivity contribution in [2.45, 2.75) is 51.9 Å². The Bertz CT molecular complexity index is 631. The van der Waals surface area contributed by atoms with Crippen LogP contribution in [0.25, 0.3) is 0 Å². The summed E-state index contributed by atoms with van der Waals surface area (Å²) in [5, 5.41) is 0. The van der Waals surface area contributed by atoms with Crippen molar-refractivity contribution >= 4 is 35.5 Å². The minimum absolute atomic E-state index is 0.0341. The van der Waals surface area contributed by atoms with Crippen LogP contribution in [-0.4, -0.2) is 35.3 Å². The summed E-state index contributed by atoms with van der Waals surface area (Å²) in [7, 11) is 0. The summed E-state index contributed by atoms with van der Waals surface area (Å²) >= 11 is 2.79. The monoisotopic (exact) mass is 396 g/mol. The first-order valence-electron chi connectivity index (χ1n) is 8.48. The maximum atomic E-state index is 12.4. The molecule has 1 aliphatic heterocycles. The van der Waals surface area contributed by atoms with Gasteiger partial charge in [-0.05, 0) is 33.3 Å². The van der Waals surface area contributed by atoms with Crippen LogP contribution in [0.1, 0.15) is 33.3 Å². The Kier molecular flexibility index (Phi) is 8.06. The zero-order valence-corrected chi connectivity index (χ0v) is 17.0. The van der Waals surface area contributed by atoms with Gasteiger partial charge in [-0.25, -0.2) is 9.59 Å². The van der Waals surface area contributed by atoms with Gasteiger partial charge in [0.1, 0.15) is 5.44 Å². The zero-order chi connectivity index (χ0) is 19.1. The summed E-state index contributed by atoms with van der Waals surface area (Å²) in [6.45, 7) is 7.46. The molecule has 0 aromatic heterocycles. The minimum atomic E-state index is -0.649. The molecule has 0 saturated carbocycles. The number of benzene rings is 1. The largest absolute Gasteiger partial charge is 0.459 e. The van der Waals surface area contributed by atoms with Crippen molar-refractivity contribution in [1.82, 2.24) is 0 Å². The lowest BCUT2D eigenvalue weighted by atomic mass is 10.2. The molecule has 0 radical (unpaired) electrons. The molecule has 26 heavy (non-hydrogen) atoms. The first kappa shape index (κ1) is 20.9. The van der Waals surface area contributed by atoms with Gasteiger partial charge in [-0.2, -0.15) is 0 Å². The lowest BCUT2D eigenvalue weighted by Crippen LogP contribution is -2.23. The minimum Gasteiger partial charge on any atom is -0.459 e. The Morgan fingerprint density at radius 3 is 2.15 bits per heavy atom. The second kappa shape index (κ2) is 10.0. The van der Waals surface area contributed by atoms with Crippen LogP contribution in [0.5, 0.6) is 0 Å². The van der Waals surface area contributed by atoms with E-state index in [4.69, 9.17) is 14.2 Å². The summed E-state index contributed by atoms with van der Waals surface area (Å²) in [5.74, 6) is -0.644. The molecule has 142 valence electrons. The molecule has 0 amide bonds. The van der Waals surface area contributed by atoms with Crippen LogP contribution in [-0.2, 0) is 30.4 Å². The summed E-state index contributed by atoms with van der Waals surface area (Å²) in [4.78, 5) is 24.8. The molecule has 1 aromatic carbocycles. The number of ether oxygens (including phenoxy) is 3. The third-order valence-electron chi connectivity index (χ3n) is 3.17. The van der Waals surface area contributed by atoms with Crippen LogP contribution in [0.4, 0.5) is 0 Å². The molecule has 7 heteroatoms. The van der Waals surface area contributed by atoms with Crippen LogP contribution in [0.2, 0.25) is 0 Å². The van der Waals surface area contributed by atoms with E-state index in [0.29, 0.717) is 16.6 Å². The predicted molar refractivity (Wildman–Crippen MR) is 105 cm³/mol. The highest BCUT2D eigenvalue weighted by atomic mass is 32.2. The Morgan fingerprint density at radius 1 is 1.04 bits per heavy atom. The molecule has 1 fully saturated rings. The van der Waals surface area contributed by atoms with Crippen molar-refractivity contribution in [3.8, 4) is 0 Å². The Balaban J connectivity index is 2.08. The van der Waals surface area contributed by atoms with E-state index in [1.54, 1.807) is 27.7 Å². The lowest BCUT2D eigenvalue weighted by Gasteiger charge is -2.14. The number of hydrogen-bond acceptors (Lipinski definition) is 7. The molecule has 1 aromatic rings. The summed E-state index contributed by atoms with van der Waals surface area (Å²) in [5.41, 5.74) is 0.909. The molecule has 1 heterocycles. The number of thioether (sulfide) groups is 2. The second-order valence-corrected chi connectivity index (χ2v) is 8.68. The fraction of sp³-hybridized carbons (Fsp3) is 0.474. The smallest absolute Gasteiger partial charge is 0.347 e. The van der Waals surface area contributed by atoms with E-state index in [2.05, 4.69) is 0 Å². The Labute approximate surface area is 162 Å². The van der Waals surface area contributed by atoms with Crippen molar-refractivity contribution < 1.29 is 23.8 Å². The topological polar surface area (TPSA) is 61.8 Å². The van der Waals surface area contributed by atoms with Gasteiger partial charge in [-0.3, -0.25) is 0 Å². The molecular weight excluding hydrogens is 372 g/mol. The third-order valence-corrected chi connectivity index (χ3v) is 5.94. The lowest BCUT2D eigenvalue weighted by molar-refractivity contribution is -0.150. The molecule has 0 aliphatic carbocycles. The molecule has 2 rings (SSSR count). The number of hydrogen-bond donors (Lipinski definition) is 0. The van der Waals surface area contributed by atoms with E-state index in [-0.39, 0.29) is 23.2 Å². The van der Waals surface area contributed by atoms with Gasteiger partial charge in [-0.15, -0.1) is 11.8 Å². The maximum Gasteiger partial charge on any atom is 0.347 e. The fourth-order valence-electron chi connectivity index (χ4n) is 2.10. The van der Waals surface area contributed by atoms with Gasteiger partial charge in [0.25, 0.3) is 0 Å². The standard InChI is InChI=1S/C19H24O5S2/c1-12(2)23-17(20)16(18(21)24-13(3)4)19-25-11-15(26-19)22-10-14-8-6-5-7-9-14/h5-9,12-13,15H,10-11H2,1-4H3. The van der Waals surface area contributed by atoms with Gasteiger partial charge in [0.2, 0.25) is 0 Å². The van der Waals surface area contributed by atoms with E-state index < -0.39 is 11.9 Å². The van der Waals surface area contributed by atoms with Crippen molar-refractivity contribution in [3.05, 3.63) is 45.7 Å². The van der Waals surface area contributed by atoms with Crippen LogP contribution in [0.3, 0.4) is 0 Å². The van der Waals surface area contributed by atoms with E-state index >= 15 is 0 Å². The van der Waals surface area contributed by atoms with E-state index in [1.165, 1.54) is 23.5 Å². The molecule has 1 aliphatic rings. The molecular formula is C19H24O5S2. The fourth-order valence-corrected chi connectivity index (χ4v) is 4.73. The quantitative estimate of drug-likeness (QED) is 0.297. The van der Waals surface area contributed by atoms with Gasteiger partial charge in [0, 0.05) is 5.75 Å². The van der Waals surface area contributed by atoms with Crippen LogP contribution in [0.15, 0.2) is 40.1 Å². The van der Waals surface area contributed by atoms with Crippen molar-refractivity contribution in [1.29, 1.82) is 0 Å². The SMILES string of the molecule is CC(C)OC(=O)C(C(=O)OC(C)C)=C1SCC(OCc2ccccc2)S1. The maximum absolute atomic E-state index is 12.4. The Hall–Kier alpha value is -1.44. The number of carbonyl (C=O) groups is 2. The zero-order valence-electron chi connectivity index (χ0n) is 15.4. The first-order chi connectivity index (χ1) is 12.4. The average Bonchev–Trinajstić information content (AvgIpc) is 3.01. The van der Waals surface area contributed by atoms with Crippen LogP contribution >= 0.6 is 23.5 Å². The number of esters is 2. The van der Waals surface area contributed by atoms with Crippen LogP contribution in [0, 0.1) is 0 Å². The highest BCUT2D eigenvalue weighted by Gasteiger charge is 2.33. The average molecular weight is 397 g/mol.